The maximum absolute atomic E-state index is 5.84. The lowest BCUT2D eigenvalue weighted by molar-refractivity contribution is 0.0918. The van der Waals surface area contributed by atoms with Crippen molar-refractivity contribution >= 4 is 0 Å². The minimum Gasteiger partial charge on any atom is -0.489 e. The number of benzene rings is 2. The SMILES string of the molecule is COCC(C)Oc1cc(C)cc(OCc2ccccc2)c1. The lowest BCUT2D eigenvalue weighted by Crippen LogP contribution is -2.18. The molecule has 0 bridgehead atoms. The molecular formula is C18H22O3. The van der Waals surface area contributed by atoms with Gasteiger partial charge in [-0.3, -0.25) is 0 Å². The summed E-state index contributed by atoms with van der Waals surface area (Å²) in [4.78, 5) is 0. The molecule has 0 saturated carbocycles. The van der Waals surface area contributed by atoms with Crippen molar-refractivity contribution in [2.45, 2.75) is 26.6 Å². The predicted octanol–water partition coefficient (Wildman–Crippen LogP) is 3.99. The smallest absolute Gasteiger partial charge is 0.123 e. The van der Waals surface area contributed by atoms with Gasteiger partial charge in [-0.1, -0.05) is 30.3 Å². The highest BCUT2D eigenvalue weighted by atomic mass is 16.5. The monoisotopic (exact) mass is 286 g/mol. The first-order chi connectivity index (χ1) is 10.2. The molecule has 0 fully saturated rings. The van der Waals surface area contributed by atoms with Crippen LogP contribution in [0.1, 0.15) is 18.1 Å². The van der Waals surface area contributed by atoms with Crippen LogP contribution in [0.5, 0.6) is 11.5 Å². The molecule has 0 heterocycles. The molecule has 0 aliphatic carbocycles. The molecule has 0 N–H and O–H groups in total. The topological polar surface area (TPSA) is 27.7 Å². The van der Waals surface area contributed by atoms with Gasteiger partial charge in [-0.15, -0.1) is 0 Å². The summed E-state index contributed by atoms with van der Waals surface area (Å²) in [6.07, 6.45) is 0.0128. The third kappa shape index (κ3) is 5.12. The molecular weight excluding hydrogens is 264 g/mol. The van der Waals surface area contributed by atoms with E-state index in [1.807, 2.05) is 62.4 Å². The van der Waals surface area contributed by atoms with Gasteiger partial charge in [0.05, 0.1) is 6.61 Å². The van der Waals surface area contributed by atoms with Crippen molar-refractivity contribution in [2.75, 3.05) is 13.7 Å². The van der Waals surface area contributed by atoms with Crippen molar-refractivity contribution in [1.29, 1.82) is 0 Å². The third-order valence-electron chi connectivity index (χ3n) is 3.01. The summed E-state index contributed by atoms with van der Waals surface area (Å²) in [5.74, 6) is 1.63. The van der Waals surface area contributed by atoms with Crippen LogP contribution < -0.4 is 9.47 Å². The molecule has 0 saturated heterocycles. The average Bonchev–Trinajstić information content (AvgIpc) is 2.46. The van der Waals surface area contributed by atoms with Crippen LogP contribution in [0.2, 0.25) is 0 Å². The minimum absolute atomic E-state index is 0.0128. The number of ether oxygens (including phenoxy) is 3. The van der Waals surface area contributed by atoms with Crippen molar-refractivity contribution in [1.82, 2.24) is 0 Å². The second-order valence-corrected chi connectivity index (χ2v) is 5.14. The Labute approximate surface area is 126 Å². The van der Waals surface area contributed by atoms with Crippen LogP contribution in [-0.4, -0.2) is 19.8 Å². The van der Waals surface area contributed by atoms with Crippen LogP contribution in [0.25, 0.3) is 0 Å². The molecule has 2 rings (SSSR count). The van der Waals surface area contributed by atoms with Gasteiger partial charge in [-0.2, -0.15) is 0 Å². The number of hydrogen-bond donors (Lipinski definition) is 0. The van der Waals surface area contributed by atoms with Crippen molar-refractivity contribution in [3.8, 4) is 11.5 Å². The Bertz CT molecular complexity index is 552. The summed E-state index contributed by atoms with van der Waals surface area (Å²) in [7, 11) is 1.67. The van der Waals surface area contributed by atoms with Crippen LogP contribution in [0.15, 0.2) is 48.5 Å². The Kier molecular flexibility index (Phi) is 5.64. The molecule has 2 aromatic rings. The van der Waals surface area contributed by atoms with Gasteiger partial charge in [0.2, 0.25) is 0 Å². The van der Waals surface area contributed by atoms with E-state index in [2.05, 4.69) is 0 Å². The molecule has 1 atom stereocenters. The fraction of sp³-hybridized carbons (Fsp3) is 0.333. The van der Waals surface area contributed by atoms with Crippen molar-refractivity contribution < 1.29 is 14.2 Å². The van der Waals surface area contributed by atoms with Crippen LogP contribution in [0.4, 0.5) is 0 Å². The Hall–Kier alpha value is -2.00. The van der Waals surface area contributed by atoms with Gasteiger partial charge in [0.1, 0.15) is 24.2 Å². The zero-order valence-electron chi connectivity index (χ0n) is 12.8. The van der Waals surface area contributed by atoms with E-state index in [1.54, 1.807) is 7.11 Å². The van der Waals surface area contributed by atoms with Crippen LogP contribution in [0.3, 0.4) is 0 Å². The molecule has 21 heavy (non-hydrogen) atoms. The van der Waals surface area contributed by atoms with Crippen LogP contribution in [-0.2, 0) is 11.3 Å². The molecule has 112 valence electrons. The fourth-order valence-electron chi connectivity index (χ4n) is 2.11. The zero-order valence-corrected chi connectivity index (χ0v) is 12.8. The first-order valence-electron chi connectivity index (χ1n) is 7.11. The van der Waals surface area contributed by atoms with E-state index >= 15 is 0 Å². The van der Waals surface area contributed by atoms with E-state index in [9.17, 15) is 0 Å². The lowest BCUT2D eigenvalue weighted by Gasteiger charge is -2.15. The van der Waals surface area contributed by atoms with E-state index < -0.39 is 0 Å². The summed E-state index contributed by atoms with van der Waals surface area (Å²) >= 11 is 0. The Morgan fingerprint density at radius 3 is 2.43 bits per heavy atom. The highest BCUT2D eigenvalue weighted by Crippen LogP contribution is 2.24. The van der Waals surface area contributed by atoms with E-state index in [0.717, 1.165) is 22.6 Å². The first-order valence-corrected chi connectivity index (χ1v) is 7.11. The number of methoxy groups -OCH3 is 1. The van der Waals surface area contributed by atoms with Crippen molar-refractivity contribution in [3.05, 3.63) is 59.7 Å². The van der Waals surface area contributed by atoms with Gasteiger partial charge in [-0.05, 0) is 37.1 Å². The largest absolute Gasteiger partial charge is 0.489 e. The molecule has 0 aliphatic rings. The Morgan fingerprint density at radius 1 is 1.00 bits per heavy atom. The van der Waals surface area contributed by atoms with Crippen molar-refractivity contribution in [3.63, 3.8) is 0 Å². The Morgan fingerprint density at radius 2 is 1.71 bits per heavy atom. The van der Waals surface area contributed by atoms with Crippen LogP contribution in [0, 0.1) is 6.92 Å². The summed E-state index contributed by atoms with van der Waals surface area (Å²) in [5, 5.41) is 0. The summed E-state index contributed by atoms with van der Waals surface area (Å²) < 4.78 is 16.8. The lowest BCUT2D eigenvalue weighted by atomic mass is 10.2. The highest BCUT2D eigenvalue weighted by Gasteiger charge is 2.06. The molecule has 3 heteroatoms. The molecule has 0 amide bonds. The zero-order chi connectivity index (χ0) is 15.1. The molecule has 0 spiro atoms. The Balaban J connectivity index is 2.01. The van der Waals surface area contributed by atoms with E-state index in [4.69, 9.17) is 14.2 Å². The van der Waals surface area contributed by atoms with Gasteiger partial charge in [0, 0.05) is 13.2 Å². The number of rotatable bonds is 7. The molecule has 0 radical (unpaired) electrons. The normalized spacial score (nSPS) is 12.0. The molecule has 2 aromatic carbocycles. The second kappa shape index (κ2) is 7.70. The molecule has 1 unspecified atom stereocenters. The van der Waals surface area contributed by atoms with E-state index in [1.165, 1.54) is 0 Å². The first kappa shape index (κ1) is 15.4. The standard InChI is InChI=1S/C18H22O3/c1-14-9-17(20-13-16-7-5-4-6-8-16)11-18(10-14)21-15(2)12-19-3/h4-11,15H,12-13H2,1-3H3. The van der Waals surface area contributed by atoms with Gasteiger partial charge >= 0.3 is 0 Å². The van der Waals surface area contributed by atoms with Crippen LogP contribution >= 0.6 is 0 Å². The molecule has 0 aliphatic heterocycles. The van der Waals surface area contributed by atoms with E-state index in [-0.39, 0.29) is 6.10 Å². The summed E-state index contributed by atoms with van der Waals surface area (Å²) in [6.45, 7) is 5.13. The minimum atomic E-state index is 0.0128. The van der Waals surface area contributed by atoms with E-state index in [0.29, 0.717) is 13.2 Å². The fourth-order valence-corrected chi connectivity index (χ4v) is 2.11. The molecule has 3 nitrogen and oxygen atoms in total. The molecule has 0 aromatic heterocycles. The van der Waals surface area contributed by atoms with Gasteiger partial charge in [-0.25, -0.2) is 0 Å². The van der Waals surface area contributed by atoms with Gasteiger partial charge in [0.15, 0.2) is 0 Å². The maximum Gasteiger partial charge on any atom is 0.123 e. The van der Waals surface area contributed by atoms with Gasteiger partial charge in [0.25, 0.3) is 0 Å². The van der Waals surface area contributed by atoms with Crippen molar-refractivity contribution in [2.24, 2.45) is 0 Å². The summed E-state index contributed by atoms with van der Waals surface area (Å²) in [5.41, 5.74) is 2.26. The highest BCUT2D eigenvalue weighted by molar-refractivity contribution is 5.38. The second-order valence-electron chi connectivity index (χ2n) is 5.14. The van der Waals surface area contributed by atoms with Gasteiger partial charge < -0.3 is 14.2 Å². The summed E-state index contributed by atoms with van der Waals surface area (Å²) in [6, 6.07) is 16.0. The maximum atomic E-state index is 5.84. The number of aryl methyl sites for hydroxylation is 1. The average molecular weight is 286 g/mol. The third-order valence-corrected chi connectivity index (χ3v) is 3.01. The predicted molar refractivity (Wildman–Crippen MR) is 83.9 cm³/mol. The number of hydrogen-bond acceptors (Lipinski definition) is 3. The quantitative estimate of drug-likeness (QED) is 0.770.